The Morgan fingerprint density at radius 1 is 1.40 bits per heavy atom. The van der Waals surface area contributed by atoms with Crippen LogP contribution in [0.2, 0.25) is 0 Å². The summed E-state index contributed by atoms with van der Waals surface area (Å²) in [5.41, 5.74) is -0.396. The molecule has 1 unspecified atom stereocenters. The van der Waals surface area contributed by atoms with Crippen LogP contribution in [0.4, 0.5) is 4.79 Å². The Bertz CT molecular complexity index is 220. The van der Waals surface area contributed by atoms with E-state index < -0.39 is 5.60 Å². The number of amides is 1. The van der Waals surface area contributed by atoms with Gasteiger partial charge in [-0.15, -0.1) is 0 Å². The van der Waals surface area contributed by atoms with Crippen molar-refractivity contribution < 1.29 is 9.53 Å². The van der Waals surface area contributed by atoms with Crippen molar-refractivity contribution in [3.05, 3.63) is 0 Å². The number of alkyl carbamates (subject to hydrolysis) is 1. The first-order chi connectivity index (χ1) is 6.90. The van der Waals surface area contributed by atoms with Gasteiger partial charge in [0.2, 0.25) is 0 Å². The van der Waals surface area contributed by atoms with Gasteiger partial charge in [0.15, 0.2) is 0 Å². The summed E-state index contributed by atoms with van der Waals surface area (Å²) in [5, 5.41) is 2.94. The van der Waals surface area contributed by atoms with E-state index in [4.69, 9.17) is 4.74 Å². The van der Waals surface area contributed by atoms with Crippen molar-refractivity contribution in [3.63, 3.8) is 0 Å². The number of nitrogens with one attached hydrogen (secondary N) is 1. The molecule has 1 N–H and O–H groups in total. The number of rotatable bonds is 2. The van der Waals surface area contributed by atoms with Gasteiger partial charge in [0.05, 0.1) is 0 Å². The van der Waals surface area contributed by atoms with E-state index in [1.54, 1.807) is 0 Å². The van der Waals surface area contributed by atoms with E-state index in [-0.39, 0.29) is 6.09 Å². The van der Waals surface area contributed by atoms with E-state index in [9.17, 15) is 4.79 Å². The molecular formula is C12H23NO2. The molecule has 1 aliphatic carbocycles. The van der Waals surface area contributed by atoms with Crippen LogP contribution in [0.25, 0.3) is 0 Å². The lowest BCUT2D eigenvalue weighted by molar-refractivity contribution is 0.0504. The molecule has 0 radical (unpaired) electrons. The molecule has 0 aromatic heterocycles. The fraction of sp³-hybridized carbons (Fsp3) is 0.917. The molecule has 0 bridgehead atoms. The first-order valence-electron chi connectivity index (χ1n) is 5.90. The minimum absolute atomic E-state index is 0.274. The Kier molecular flexibility index (Phi) is 4.00. The molecule has 0 spiro atoms. The Labute approximate surface area is 92.6 Å². The number of carbonyl (C=O) groups is 1. The molecule has 0 aromatic rings. The van der Waals surface area contributed by atoms with Gasteiger partial charge in [0, 0.05) is 6.04 Å². The summed E-state index contributed by atoms with van der Waals surface area (Å²) in [5.74, 6) is 0.782. The molecule has 0 saturated heterocycles. The molecular weight excluding hydrogens is 190 g/mol. The molecule has 3 heteroatoms. The standard InChI is InChI=1S/C12H23NO2/c1-5-9-6-7-10(8-9)13-11(14)15-12(2,3)4/h9-10H,5-8H2,1-4H3,(H,13,14)/t9-,10?/m0/s1. The van der Waals surface area contributed by atoms with Crippen molar-refractivity contribution in [2.24, 2.45) is 5.92 Å². The third kappa shape index (κ3) is 4.54. The second-order valence-electron chi connectivity index (χ2n) is 5.43. The highest BCUT2D eigenvalue weighted by Crippen LogP contribution is 2.27. The first-order valence-corrected chi connectivity index (χ1v) is 5.90. The monoisotopic (exact) mass is 213 g/mol. The summed E-state index contributed by atoms with van der Waals surface area (Å²) in [6.07, 6.45) is 4.38. The third-order valence-electron chi connectivity index (χ3n) is 2.84. The minimum Gasteiger partial charge on any atom is -0.444 e. The van der Waals surface area contributed by atoms with E-state index in [0.29, 0.717) is 6.04 Å². The maximum atomic E-state index is 11.5. The molecule has 88 valence electrons. The van der Waals surface area contributed by atoms with Crippen LogP contribution in [0.15, 0.2) is 0 Å². The quantitative estimate of drug-likeness (QED) is 0.765. The van der Waals surface area contributed by atoms with Gasteiger partial charge in [-0.2, -0.15) is 0 Å². The van der Waals surface area contributed by atoms with Gasteiger partial charge in [-0.3, -0.25) is 0 Å². The first kappa shape index (κ1) is 12.3. The zero-order valence-corrected chi connectivity index (χ0v) is 10.3. The molecule has 0 aromatic carbocycles. The average Bonchev–Trinajstić information content (AvgIpc) is 2.48. The highest BCUT2D eigenvalue weighted by Gasteiger charge is 2.26. The SMILES string of the molecule is CC[C@H]1CCC(NC(=O)OC(C)(C)C)C1. The lowest BCUT2D eigenvalue weighted by atomic mass is 10.1. The van der Waals surface area contributed by atoms with Crippen molar-refractivity contribution in [2.45, 2.75) is 65.0 Å². The molecule has 0 heterocycles. The topological polar surface area (TPSA) is 38.3 Å². The Morgan fingerprint density at radius 2 is 2.07 bits per heavy atom. The summed E-state index contributed by atoms with van der Waals surface area (Å²) >= 11 is 0. The van der Waals surface area contributed by atoms with Gasteiger partial charge in [0.25, 0.3) is 0 Å². The Morgan fingerprint density at radius 3 is 2.53 bits per heavy atom. The molecule has 15 heavy (non-hydrogen) atoms. The Hall–Kier alpha value is -0.730. The normalized spacial score (nSPS) is 26.4. The van der Waals surface area contributed by atoms with Crippen molar-refractivity contribution >= 4 is 6.09 Å². The predicted octanol–water partition coefficient (Wildman–Crippen LogP) is 3.09. The Balaban J connectivity index is 2.28. The fourth-order valence-electron chi connectivity index (χ4n) is 2.05. The minimum atomic E-state index is -0.396. The van der Waals surface area contributed by atoms with Crippen molar-refractivity contribution in [3.8, 4) is 0 Å². The van der Waals surface area contributed by atoms with Crippen LogP contribution in [-0.4, -0.2) is 17.7 Å². The van der Waals surface area contributed by atoms with E-state index in [1.165, 1.54) is 12.8 Å². The summed E-state index contributed by atoms with van der Waals surface area (Å²) in [4.78, 5) is 11.5. The lowest BCUT2D eigenvalue weighted by Gasteiger charge is -2.21. The van der Waals surface area contributed by atoms with Crippen molar-refractivity contribution in [1.82, 2.24) is 5.32 Å². The summed E-state index contributed by atoms with van der Waals surface area (Å²) in [6, 6.07) is 0.324. The molecule has 0 aliphatic heterocycles. The van der Waals surface area contributed by atoms with Gasteiger partial charge in [-0.05, 0) is 46.0 Å². The maximum Gasteiger partial charge on any atom is 0.407 e. The zero-order valence-electron chi connectivity index (χ0n) is 10.3. The van der Waals surface area contributed by atoms with Gasteiger partial charge < -0.3 is 10.1 Å². The van der Waals surface area contributed by atoms with E-state index in [0.717, 1.165) is 18.8 Å². The summed E-state index contributed by atoms with van der Waals surface area (Å²) < 4.78 is 5.22. The van der Waals surface area contributed by atoms with Crippen LogP contribution in [0.3, 0.4) is 0 Å². The van der Waals surface area contributed by atoms with Crippen LogP contribution in [0.5, 0.6) is 0 Å². The van der Waals surface area contributed by atoms with Crippen LogP contribution < -0.4 is 5.32 Å². The van der Waals surface area contributed by atoms with Gasteiger partial charge in [-0.1, -0.05) is 13.3 Å². The summed E-state index contributed by atoms with van der Waals surface area (Å²) in [6.45, 7) is 7.86. The largest absolute Gasteiger partial charge is 0.444 e. The highest BCUT2D eigenvalue weighted by molar-refractivity contribution is 5.68. The van der Waals surface area contributed by atoms with Crippen molar-refractivity contribution in [2.75, 3.05) is 0 Å². The van der Waals surface area contributed by atoms with Crippen LogP contribution in [0, 0.1) is 5.92 Å². The molecule has 2 atom stereocenters. The third-order valence-corrected chi connectivity index (χ3v) is 2.84. The van der Waals surface area contributed by atoms with Crippen LogP contribution >= 0.6 is 0 Å². The second kappa shape index (κ2) is 4.86. The van der Waals surface area contributed by atoms with E-state index >= 15 is 0 Å². The lowest BCUT2D eigenvalue weighted by Crippen LogP contribution is -2.37. The van der Waals surface area contributed by atoms with Gasteiger partial charge in [-0.25, -0.2) is 4.79 Å². The van der Waals surface area contributed by atoms with E-state index in [1.807, 2.05) is 20.8 Å². The molecule has 1 amide bonds. The van der Waals surface area contributed by atoms with Gasteiger partial charge in [0.1, 0.15) is 5.60 Å². The molecule has 1 rings (SSSR count). The maximum absolute atomic E-state index is 11.5. The zero-order chi connectivity index (χ0) is 11.5. The molecule has 1 saturated carbocycles. The van der Waals surface area contributed by atoms with Gasteiger partial charge >= 0.3 is 6.09 Å². The molecule has 1 aliphatic rings. The molecule has 3 nitrogen and oxygen atoms in total. The van der Waals surface area contributed by atoms with Crippen molar-refractivity contribution in [1.29, 1.82) is 0 Å². The average molecular weight is 213 g/mol. The number of carbonyl (C=O) groups excluding carboxylic acids is 1. The number of ether oxygens (including phenoxy) is 1. The summed E-state index contributed by atoms with van der Waals surface area (Å²) in [7, 11) is 0. The number of hydrogen-bond acceptors (Lipinski definition) is 2. The van der Waals surface area contributed by atoms with Crippen LogP contribution in [0.1, 0.15) is 53.4 Å². The van der Waals surface area contributed by atoms with E-state index in [2.05, 4.69) is 12.2 Å². The highest BCUT2D eigenvalue weighted by atomic mass is 16.6. The van der Waals surface area contributed by atoms with Crippen LogP contribution in [-0.2, 0) is 4.74 Å². The number of hydrogen-bond donors (Lipinski definition) is 1. The second-order valence-corrected chi connectivity index (χ2v) is 5.43. The smallest absolute Gasteiger partial charge is 0.407 e. The predicted molar refractivity (Wildman–Crippen MR) is 60.8 cm³/mol. The fourth-order valence-corrected chi connectivity index (χ4v) is 2.05. The molecule has 1 fully saturated rings.